The Morgan fingerprint density at radius 1 is 1.16 bits per heavy atom. The van der Waals surface area contributed by atoms with Gasteiger partial charge in [-0.2, -0.15) is 13.2 Å². The van der Waals surface area contributed by atoms with E-state index in [4.69, 9.17) is 15.3 Å². The number of amides is 2. The van der Waals surface area contributed by atoms with Crippen LogP contribution in [0.15, 0.2) is 24.3 Å². The number of hydrogen-bond donors (Lipinski definition) is 3. The van der Waals surface area contributed by atoms with Crippen LogP contribution < -0.4 is 16.8 Å². The average molecular weight is 365 g/mol. The summed E-state index contributed by atoms with van der Waals surface area (Å²) in [4.78, 5) is 20.5. The summed E-state index contributed by atoms with van der Waals surface area (Å²) in [5, 5.41) is 2.67. The fourth-order valence-corrected chi connectivity index (χ4v) is 1.19. The van der Waals surface area contributed by atoms with Gasteiger partial charge in [-0.15, -0.1) is 0 Å². The Morgan fingerprint density at radius 2 is 1.64 bits per heavy atom. The molecule has 1 aromatic rings. The maximum Gasteiger partial charge on any atom is 0.470 e. The summed E-state index contributed by atoms with van der Waals surface area (Å²) in [6.45, 7) is 9.90. The predicted molar refractivity (Wildman–Crippen MR) is 90.5 cm³/mol. The predicted octanol–water partition coefficient (Wildman–Crippen LogP) is 3.35. The van der Waals surface area contributed by atoms with Crippen molar-refractivity contribution in [1.29, 1.82) is 0 Å². The molecule has 2 amide bonds. The van der Waals surface area contributed by atoms with Crippen LogP contribution in [0.5, 0.6) is 0 Å². The molecule has 144 valence electrons. The lowest BCUT2D eigenvalue weighted by Crippen LogP contribution is -2.32. The van der Waals surface area contributed by atoms with E-state index in [0.29, 0.717) is 12.2 Å². The molecule has 0 spiro atoms. The summed E-state index contributed by atoms with van der Waals surface area (Å²) in [5.41, 5.74) is 10.6. The van der Waals surface area contributed by atoms with Crippen molar-refractivity contribution in [2.24, 2.45) is 5.73 Å². The zero-order valence-corrected chi connectivity index (χ0v) is 15.0. The Labute approximate surface area is 145 Å². The quantitative estimate of drug-likeness (QED) is 0.699. The highest BCUT2D eigenvalue weighted by Gasteiger charge is 2.35. The number of nitrogens with two attached hydrogens (primary N) is 2. The highest BCUT2D eigenvalue weighted by atomic mass is 19.4. The Kier molecular flexibility index (Phi) is 11.1. The largest absolute Gasteiger partial charge is 0.470 e. The first-order chi connectivity index (χ1) is 11.3. The average Bonchev–Trinajstić information content (AvgIpc) is 2.45. The van der Waals surface area contributed by atoms with E-state index in [1.54, 1.807) is 6.07 Å². The minimum absolute atomic E-state index is 0.417. The number of nitrogen functional groups attached to an aromatic ring is 1. The van der Waals surface area contributed by atoms with Crippen LogP contribution in [0.3, 0.4) is 0 Å². The summed E-state index contributed by atoms with van der Waals surface area (Å²) < 4.78 is 37.2. The van der Waals surface area contributed by atoms with Crippen LogP contribution >= 0.6 is 0 Å². The summed E-state index contributed by atoms with van der Waals surface area (Å²) in [6.07, 6.45) is -5.28. The molecule has 0 atom stereocenters. The number of alkyl halides is 3. The van der Waals surface area contributed by atoms with Crippen LogP contribution in [0.25, 0.3) is 0 Å². The second-order valence-corrected chi connectivity index (χ2v) is 5.46. The van der Waals surface area contributed by atoms with Gasteiger partial charge in [0.05, 0.1) is 0 Å². The number of ether oxygens (including phenoxy) is 1. The van der Waals surface area contributed by atoms with Gasteiger partial charge in [-0.1, -0.05) is 26.0 Å². The molecule has 0 saturated carbocycles. The molecule has 1 rings (SSSR count). The van der Waals surface area contributed by atoms with Crippen molar-refractivity contribution in [3.8, 4) is 0 Å². The summed E-state index contributed by atoms with van der Waals surface area (Å²) in [5.74, 6) is -2.26. The van der Waals surface area contributed by atoms with E-state index in [1.165, 1.54) is 0 Å². The van der Waals surface area contributed by atoms with E-state index in [2.05, 4.69) is 11.1 Å². The lowest BCUT2D eigenvalue weighted by molar-refractivity contribution is -0.169. The monoisotopic (exact) mass is 365 g/mol. The summed E-state index contributed by atoms with van der Waals surface area (Å²) in [7, 11) is 0. The Morgan fingerprint density at radius 3 is 2.00 bits per heavy atom. The third kappa shape index (κ3) is 14.9. The number of nitrogens with one attached hydrogen (secondary N) is 1. The fourth-order valence-electron chi connectivity index (χ4n) is 1.19. The van der Waals surface area contributed by atoms with Gasteiger partial charge in [0.2, 0.25) is 0 Å². The number of primary amides is 1. The molecule has 0 aromatic heterocycles. The van der Waals surface area contributed by atoms with Crippen LogP contribution in [0.2, 0.25) is 0 Å². The summed E-state index contributed by atoms with van der Waals surface area (Å²) in [6, 6.07) is 7.36. The van der Waals surface area contributed by atoms with Gasteiger partial charge in [-0.05, 0) is 38.5 Å². The molecule has 6 nitrogen and oxygen atoms in total. The first kappa shape index (κ1) is 24.8. The first-order valence-electron chi connectivity index (χ1n) is 7.49. The molecule has 5 N–H and O–H groups in total. The maximum absolute atomic E-state index is 11.4. The van der Waals surface area contributed by atoms with E-state index in [0.717, 1.165) is 5.56 Å². The molecule has 0 aliphatic carbocycles. The number of hydrogen-bond acceptors (Lipinski definition) is 4. The van der Waals surface area contributed by atoms with Gasteiger partial charge in [0.15, 0.2) is 0 Å². The fraction of sp³-hybridized carbons (Fsp3) is 0.500. The molecule has 0 radical (unpaired) electrons. The SMILES string of the molecule is CC.CC(C)(C)OC(=O)NCc1cccc(N)c1.NC(=O)C(F)(F)F. The molecule has 0 bridgehead atoms. The Bertz CT molecular complexity index is 541. The lowest BCUT2D eigenvalue weighted by atomic mass is 10.2. The molecule has 0 unspecified atom stereocenters. The lowest BCUT2D eigenvalue weighted by Gasteiger charge is -2.19. The molecule has 1 aromatic carbocycles. The number of anilines is 1. The third-order valence-electron chi connectivity index (χ3n) is 2.07. The minimum Gasteiger partial charge on any atom is -0.444 e. The van der Waals surface area contributed by atoms with Crippen molar-refractivity contribution in [2.45, 2.75) is 52.9 Å². The number of rotatable bonds is 2. The Balaban J connectivity index is 0. The van der Waals surface area contributed by atoms with Crippen LogP contribution in [0.4, 0.5) is 23.7 Å². The molecule has 9 heteroatoms. The standard InChI is InChI=1S/C12H18N2O2.C2H2F3NO.C2H6/c1-12(2,3)16-11(15)14-8-9-5-4-6-10(13)7-9;3-2(4,5)1(6)7;1-2/h4-7H,8,13H2,1-3H3,(H,14,15);(H2,6,7);1-2H3. The summed E-state index contributed by atoms with van der Waals surface area (Å²) >= 11 is 0. The number of halogens is 3. The van der Waals surface area contributed by atoms with E-state index < -0.39 is 23.8 Å². The minimum atomic E-state index is -4.86. The highest BCUT2D eigenvalue weighted by Crippen LogP contribution is 2.12. The van der Waals surface area contributed by atoms with Crippen molar-refractivity contribution in [2.75, 3.05) is 5.73 Å². The maximum atomic E-state index is 11.4. The van der Waals surface area contributed by atoms with Gasteiger partial charge in [-0.3, -0.25) is 4.79 Å². The zero-order valence-electron chi connectivity index (χ0n) is 15.0. The van der Waals surface area contributed by atoms with Gasteiger partial charge in [-0.25, -0.2) is 4.79 Å². The van der Waals surface area contributed by atoms with Gasteiger partial charge < -0.3 is 21.5 Å². The normalized spacial score (nSPS) is 10.4. The van der Waals surface area contributed by atoms with Gasteiger partial charge in [0.25, 0.3) is 0 Å². The van der Waals surface area contributed by atoms with E-state index in [1.807, 2.05) is 52.8 Å². The number of benzene rings is 1. The molecule has 0 saturated heterocycles. The van der Waals surface area contributed by atoms with Crippen LogP contribution in [0.1, 0.15) is 40.2 Å². The molecule has 0 fully saturated rings. The molecular formula is C16H26F3N3O3. The molecule has 0 aliphatic rings. The van der Waals surface area contributed by atoms with Gasteiger partial charge in [0, 0.05) is 12.2 Å². The third-order valence-corrected chi connectivity index (χ3v) is 2.07. The van der Waals surface area contributed by atoms with Crippen LogP contribution in [-0.2, 0) is 16.1 Å². The number of carbonyl (C=O) groups is 2. The van der Waals surface area contributed by atoms with Crippen LogP contribution in [0, 0.1) is 0 Å². The van der Waals surface area contributed by atoms with Crippen molar-refractivity contribution in [3.63, 3.8) is 0 Å². The number of alkyl carbamates (subject to hydrolysis) is 1. The van der Waals surface area contributed by atoms with E-state index in [-0.39, 0.29) is 0 Å². The molecule has 0 aliphatic heterocycles. The first-order valence-corrected chi connectivity index (χ1v) is 7.49. The van der Waals surface area contributed by atoms with E-state index >= 15 is 0 Å². The van der Waals surface area contributed by atoms with Crippen molar-refractivity contribution < 1.29 is 27.5 Å². The van der Waals surface area contributed by atoms with Gasteiger partial charge in [0.1, 0.15) is 5.60 Å². The van der Waals surface area contributed by atoms with E-state index in [9.17, 15) is 18.0 Å². The number of carbonyl (C=O) groups excluding carboxylic acids is 2. The van der Waals surface area contributed by atoms with Gasteiger partial charge >= 0.3 is 18.2 Å². The second kappa shape index (κ2) is 11.2. The van der Waals surface area contributed by atoms with Crippen molar-refractivity contribution >= 4 is 17.7 Å². The molecular weight excluding hydrogens is 339 g/mol. The zero-order chi connectivity index (χ0) is 20.3. The smallest absolute Gasteiger partial charge is 0.444 e. The highest BCUT2D eigenvalue weighted by molar-refractivity contribution is 5.79. The second-order valence-electron chi connectivity index (χ2n) is 5.46. The van der Waals surface area contributed by atoms with Crippen molar-refractivity contribution in [3.05, 3.63) is 29.8 Å². The Hall–Kier alpha value is -2.45. The molecule has 0 heterocycles. The van der Waals surface area contributed by atoms with Crippen LogP contribution in [-0.4, -0.2) is 23.8 Å². The van der Waals surface area contributed by atoms with Crippen molar-refractivity contribution in [1.82, 2.24) is 5.32 Å². The molecule has 25 heavy (non-hydrogen) atoms. The topological polar surface area (TPSA) is 107 Å².